The van der Waals surface area contributed by atoms with Crippen molar-refractivity contribution in [3.8, 4) is 5.75 Å². The molecule has 5 heteroatoms. The minimum Gasteiger partial charge on any atom is -0.507 e. The predicted molar refractivity (Wildman–Crippen MR) is 88.1 cm³/mol. The number of carbonyl (C=O) groups is 2. The SMILES string of the molecule is CCc1c(C)c2c(c(O)c1CC1=C(C)CC(C(=O)O)C1)C(=O)OC2. The summed E-state index contributed by atoms with van der Waals surface area (Å²) in [7, 11) is 0. The van der Waals surface area contributed by atoms with Gasteiger partial charge in [-0.25, -0.2) is 4.79 Å². The zero-order valence-electron chi connectivity index (χ0n) is 14.2. The van der Waals surface area contributed by atoms with E-state index in [-0.39, 0.29) is 23.8 Å². The lowest BCUT2D eigenvalue weighted by molar-refractivity contribution is -0.141. The third kappa shape index (κ3) is 2.48. The van der Waals surface area contributed by atoms with E-state index in [4.69, 9.17) is 4.74 Å². The highest BCUT2D eigenvalue weighted by molar-refractivity contribution is 5.97. The molecule has 1 aliphatic heterocycles. The van der Waals surface area contributed by atoms with Crippen LogP contribution in [0.3, 0.4) is 0 Å². The molecule has 0 aromatic heterocycles. The number of carboxylic acid groups (broad SMARTS) is 1. The molecule has 1 aliphatic carbocycles. The van der Waals surface area contributed by atoms with Gasteiger partial charge in [-0.2, -0.15) is 0 Å². The quantitative estimate of drug-likeness (QED) is 0.654. The van der Waals surface area contributed by atoms with Crippen molar-refractivity contribution in [1.29, 1.82) is 0 Å². The molecule has 0 amide bonds. The Labute approximate surface area is 140 Å². The molecule has 0 bridgehead atoms. The van der Waals surface area contributed by atoms with Crippen LogP contribution >= 0.6 is 0 Å². The fraction of sp³-hybridized carbons (Fsp3) is 0.474. The van der Waals surface area contributed by atoms with E-state index >= 15 is 0 Å². The Balaban J connectivity index is 2.04. The Kier molecular flexibility index (Phi) is 4.11. The number of esters is 1. The van der Waals surface area contributed by atoms with Gasteiger partial charge in [0.25, 0.3) is 0 Å². The maximum atomic E-state index is 12.0. The van der Waals surface area contributed by atoms with Crippen molar-refractivity contribution in [3.05, 3.63) is 39.0 Å². The van der Waals surface area contributed by atoms with Gasteiger partial charge in [0.05, 0.1) is 5.92 Å². The van der Waals surface area contributed by atoms with Crippen LogP contribution in [0.2, 0.25) is 0 Å². The van der Waals surface area contributed by atoms with Crippen LogP contribution in [0.4, 0.5) is 0 Å². The van der Waals surface area contributed by atoms with E-state index in [0.29, 0.717) is 19.3 Å². The molecule has 128 valence electrons. The minimum atomic E-state index is -0.780. The molecule has 0 saturated carbocycles. The van der Waals surface area contributed by atoms with Gasteiger partial charge in [0.15, 0.2) is 0 Å². The molecule has 2 N–H and O–H groups in total. The first kappa shape index (κ1) is 16.6. The van der Waals surface area contributed by atoms with Crippen LogP contribution in [-0.2, 0) is 29.0 Å². The Morgan fingerprint density at radius 3 is 2.54 bits per heavy atom. The average Bonchev–Trinajstić information content (AvgIpc) is 3.09. The summed E-state index contributed by atoms with van der Waals surface area (Å²) in [5, 5.41) is 19.9. The summed E-state index contributed by atoms with van der Waals surface area (Å²) in [6, 6.07) is 0. The molecule has 0 fully saturated rings. The highest BCUT2D eigenvalue weighted by Crippen LogP contribution is 2.41. The Morgan fingerprint density at radius 1 is 1.25 bits per heavy atom. The van der Waals surface area contributed by atoms with Gasteiger partial charge < -0.3 is 14.9 Å². The molecule has 0 spiro atoms. The third-order valence-corrected chi connectivity index (χ3v) is 5.39. The average molecular weight is 330 g/mol. The van der Waals surface area contributed by atoms with Crippen molar-refractivity contribution < 1.29 is 24.5 Å². The van der Waals surface area contributed by atoms with E-state index in [9.17, 15) is 19.8 Å². The van der Waals surface area contributed by atoms with Crippen LogP contribution < -0.4 is 0 Å². The lowest BCUT2D eigenvalue weighted by Crippen LogP contribution is -2.10. The summed E-state index contributed by atoms with van der Waals surface area (Å²) < 4.78 is 5.09. The summed E-state index contributed by atoms with van der Waals surface area (Å²) in [5.41, 5.74) is 5.96. The predicted octanol–water partition coefficient (Wildman–Crippen LogP) is 3.29. The van der Waals surface area contributed by atoms with Gasteiger partial charge in [-0.1, -0.05) is 18.1 Å². The summed E-state index contributed by atoms with van der Waals surface area (Å²) in [5.74, 6) is -1.63. The molecule has 0 radical (unpaired) electrons. The Morgan fingerprint density at radius 2 is 1.96 bits per heavy atom. The van der Waals surface area contributed by atoms with Gasteiger partial charge in [-0.15, -0.1) is 0 Å². The summed E-state index contributed by atoms with van der Waals surface area (Å²) in [4.78, 5) is 23.2. The fourth-order valence-corrected chi connectivity index (χ4v) is 3.98. The number of aromatic hydroxyl groups is 1. The van der Waals surface area contributed by atoms with Gasteiger partial charge in [0.1, 0.15) is 17.9 Å². The van der Waals surface area contributed by atoms with Crippen molar-refractivity contribution >= 4 is 11.9 Å². The molecule has 3 rings (SSSR count). The van der Waals surface area contributed by atoms with E-state index in [0.717, 1.165) is 39.8 Å². The molecule has 0 saturated heterocycles. The zero-order chi connectivity index (χ0) is 17.6. The van der Waals surface area contributed by atoms with Crippen LogP contribution in [-0.4, -0.2) is 22.2 Å². The standard InChI is InChI=1S/C19H22O5/c1-4-13-10(3)15-8-24-19(23)16(15)17(20)14(13)7-11-6-12(18(21)22)5-9(11)2/h12,20H,4-8H2,1-3H3,(H,21,22). The first-order valence-corrected chi connectivity index (χ1v) is 8.28. The molecule has 1 heterocycles. The second-order valence-electron chi connectivity index (χ2n) is 6.72. The number of phenols is 1. The molecular weight excluding hydrogens is 308 g/mol. The van der Waals surface area contributed by atoms with Crippen molar-refractivity contribution in [2.45, 2.75) is 53.1 Å². The third-order valence-electron chi connectivity index (χ3n) is 5.39. The summed E-state index contributed by atoms with van der Waals surface area (Å²) >= 11 is 0. The van der Waals surface area contributed by atoms with Crippen LogP contribution in [0.25, 0.3) is 0 Å². The Hall–Kier alpha value is -2.30. The first-order valence-electron chi connectivity index (χ1n) is 8.28. The highest BCUT2D eigenvalue weighted by atomic mass is 16.5. The van der Waals surface area contributed by atoms with E-state index in [2.05, 4.69) is 0 Å². The zero-order valence-corrected chi connectivity index (χ0v) is 14.2. The van der Waals surface area contributed by atoms with E-state index in [1.54, 1.807) is 0 Å². The van der Waals surface area contributed by atoms with E-state index in [1.807, 2.05) is 20.8 Å². The number of phenolic OH excluding ortho intramolecular Hbond substituents is 1. The highest BCUT2D eigenvalue weighted by Gasteiger charge is 2.33. The largest absolute Gasteiger partial charge is 0.507 e. The van der Waals surface area contributed by atoms with Crippen molar-refractivity contribution in [3.63, 3.8) is 0 Å². The maximum absolute atomic E-state index is 12.0. The molecule has 2 aliphatic rings. The van der Waals surface area contributed by atoms with Crippen molar-refractivity contribution in [1.82, 2.24) is 0 Å². The van der Waals surface area contributed by atoms with Gasteiger partial charge in [-0.05, 0) is 50.7 Å². The molecule has 1 aromatic rings. The number of carbonyl (C=O) groups excluding carboxylic acids is 1. The number of carboxylic acids is 1. The number of benzene rings is 1. The normalized spacial score (nSPS) is 19.6. The van der Waals surface area contributed by atoms with Crippen LogP contribution in [0.15, 0.2) is 11.1 Å². The topological polar surface area (TPSA) is 83.8 Å². The summed E-state index contributed by atoms with van der Waals surface area (Å²) in [6.45, 7) is 6.14. The Bertz CT molecular complexity index is 773. The molecule has 5 nitrogen and oxygen atoms in total. The lowest BCUT2D eigenvalue weighted by atomic mass is 9.87. The number of hydrogen-bond acceptors (Lipinski definition) is 4. The van der Waals surface area contributed by atoms with Gasteiger partial charge in [-0.3, -0.25) is 4.79 Å². The van der Waals surface area contributed by atoms with Gasteiger partial charge >= 0.3 is 11.9 Å². The second-order valence-corrected chi connectivity index (χ2v) is 6.72. The number of ether oxygens (including phenoxy) is 1. The molecule has 1 atom stereocenters. The number of cyclic esters (lactones) is 1. The van der Waals surface area contributed by atoms with Crippen LogP contribution in [0.1, 0.15) is 59.3 Å². The van der Waals surface area contributed by atoms with Crippen molar-refractivity contribution in [2.75, 3.05) is 0 Å². The van der Waals surface area contributed by atoms with Gasteiger partial charge in [0, 0.05) is 11.1 Å². The number of allylic oxidation sites excluding steroid dienone is 2. The van der Waals surface area contributed by atoms with Crippen molar-refractivity contribution in [2.24, 2.45) is 5.92 Å². The van der Waals surface area contributed by atoms with Crippen LogP contribution in [0.5, 0.6) is 5.75 Å². The van der Waals surface area contributed by atoms with E-state index in [1.165, 1.54) is 0 Å². The number of rotatable bonds is 4. The maximum Gasteiger partial charge on any atom is 0.342 e. The minimum absolute atomic E-state index is 0.00836. The molecule has 1 unspecified atom stereocenters. The number of aliphatic carboxylic acids is 1. The van der Waals surface area contributed by atoms with E-state index < -0.39 is 11.9 Å². The van der Waals surface area contributed by atoms with Crippen LogP contribution in [0, 0.1) is 12.8 Å². The number of fused-ring (bicyclic) bond motifs is 1. The molecular formula is C19H22O5. The fourth-order valence-electron chi connectivity index (χ4n) is 3.98. The molecule has 1 aromatic carbocycles. The number of hydrogen-bond donors (Lipinski definition) is 2. The lowest BCUT2D eigenvalue weighted by Gasteiger charge is -2.18. The smallest absolute Gasteiger partial charge is 0.342 e. The second kappa shape index (κ2) is 5.96. The summed E-state index contributed by atoms with van der Waals surface area (Å²) in [6.07, 6.45) is 2.29. The van der Waals surface area contributed by atoms with Gasteiger partial charge in [0.2, 0.25) is 0 Å². The molecule has 24 heavy (non-hydrogen) atoms. The first-order chi connectivity index (χ1) is 11.3. The monoisotopic (exact) mass is 330 g/mol.